The van der Waals surface area contributed by atoms with Crippen LogP contribution in [0.3, 0.4) is 0 Å². The van der Waals surface area contributed by atoms with E-state index in [1.807, 2.05) is 0 Å². The van der Waals surface area contributed by atoms with Crippen LogP contribution in [0.1, 0.15) is 17.4 Å². The number of aryl methyl sites for hydroxylation is 1. The van der Waals surface area contributed by atoms with E-state index in [4.69, 9.17) is 0 Å². The minimum absolute atomic E-state index is 0.212. The quantitative estimate of drug-likeness (QED) is 0.889. The molecule has 0 spiro atoms. The molecule has 0 aliphatic carbocycles. The van der Waals surface area contributed by atoms with Gasteiger partial charge in [0.25, 0.3) is 0 Å². The lowest BCUT2D eigenvalue weighted by Gasteiger charge is -2.13. The summed E-state index contributed by atoms with van der Waals surface area (Å²) in [6.07, 6.45) is 0.503. The van der Waals surface area contributed by atoms with E-state index in [9.17, 15) is 9.50 Å². The Morgan fingerprint density at radius 1 is 1.35 bits per heavy atom. The molecule has 6 heteroatoms. The third-order valence-corrected chi connectivity index (χ3v) is 3.70. The van der Waals surface area contributed by atoms with Gasteiger partial charge in [0.1, 0.15) is 11.9 Å². The Morgan fingerprint density at radius 3 is 2.65 bits per heavy atom. The summed E-state index contributed by atoms with van der Waals surface area (Å²) in [4.78, 5) is 0. The zero-order valence-corrected chi connectivity index (χ0v) is 12.0. The summed E-state index contributed by atoms with van der Waals surface area (Å²) in [6, 6.07) is 4.81. The summed E-state index contributed by atoms with van der Waals surface area (Å²) in [5.41, 5.74) is 0.727. The zero-order valence-electron chi connectivity index (χ0n) is 8.86. The van der Waals surface area contributed by atoms with Gasteiger partial charge >= 0.3 is 0 Å². The molecule has 1 heterocycles. The van der Waals surface area contributed by atoms with E-state index < -0.39 is 11.9 Å². The molecule has 3 nitrogen and oxygen atoms in total. The highest BCUT2D eigenvalue weighted by molar-refractivity contribution is 9.10. The number of hydrogen-bond acceptors (Lipinski definition) is 2. The molecule has 1 aromatic heterocycles. The topological polar surface area (TPSA) is 38.0 Å². The van der Waals surface area contributed by atoms with Crippen molar-refractivity contribution in [2.45, 2.75) is 6.10 Å². The monoisotopic (exact) mass is 362 g/mol. The van der Waals surface area contributed by atoms with Crippen LogP contribution in [0.5, 0.6) is 0 Å². The molecule has 90 valence electrons. The molecular weight excluding hydrogens is 355 g/mol. The number of aliphatic hydroxyl groups excluding tert-OH is 1. The van der Waals surface area contributed by atoms with E-state index in [1.165, 1.54) is 4.68 Å². The van der Waals surface area contributed by atoms with Crippen LogP contribution < -0.4 is 0 Å². The Morgan fingerprint density at radius 2 is 2.06 bits per heavy atom. The highest BCUT2D eigenvalue weighted by Crippen LogP contribution is 2.31. The third kappa shape index (κ3) is 2.29. The normalized spacial score (nSPS) is 12.8. The van der Waals surface area contributed by atoms with Gasteiger partial charge in [0, 0.05) is 12.6 Å². The van der Waals surface area contributed by atoms with Gasteiger partial charge in [-0.05, 0) is 37.9 Å². The number of rotatable bonds is 2. The molecule has 0 saturated carbocycles. The van der Waals surface area contributed by atoms with Crippen LogP contribution in [0.15, 0.2) is 33.3 Å². The van der Waals surface area contributed by atoms with Crippen molar-refractivity contribution < 1.29 is 9.50 Å². The standard InChI is InChI=1S/C11H9Br2FN2O/c1-16-10(8(13)5-15-16)11(17)6-3-2-4-7(12)9(6)14/h2-5,11,17H,1H3. The number of aliphatic hydroxyl groups is 1. The van der Waals surface area contributed by atoms with Crippen LogP contribution in [-0.2, 0) is 7.05 Å². The first-order chi connectivity index (χ1) is 8.02. The average molecular weight is 364 g/mol. The highest BCUT2D eigenvalue weighted by atomic mass is 79.9. The predicted molar refractivity (Wildman–Crippen MR) is 69.1 cm³/mol. The van der Waals surface area contributed by atoms with E-state index in [-0.39, 0.29) is 5.56 Å². The lowest BCUT2D eigenvalue weighted by molar-refractivity contribution is 0.203. The first-order valence-electron chi connectivity index (χ1n) is 4.81. The SMILES string of the molecule is Cn1ncc(Br)c1C(O)c1cccc(Br)c1F. The van der Waals surface area contributed by atoms with Gasteiger partial charge in [0.05, 0.1) is 20.8 Å². The molecule has 0 bridgehead atoms. The molecule has 17 heavy (non-hydrogen) atoms. The third-order valence-electron chi connectivity index (χ3n) is 2.47. The van der Waals surface area contributed by atoms with Gasteiger partial charge in [-0.15, -0.1) is 0 Å². The molecule has 0 saturated heterocycles. The van der Waals surface area contributed by atoms with Crippen molar-refractivity contribution in [2.24, 2.45) is 7.05 Å². The summed E-state index contributed by atoms with van der Waals surface area (Å²) >= 11 is 6.38. The van der Waals surface area contributed by atoms with Gasteiger partial charge < -0.3 is 5.11 Å². The van der Waals surface area contributed by atoms with E-state index >= 15 is 0 Å². The Hall–Kier alpha value is -0.720. The maximum Gasteiger partial charge on any atom is 0.143 e. The number of aromatic nitrogens is 2. The largest absolute Gasteiger partial charge is 0.382 e. The van der Waals surface area contributed by atoms with E-state index in [1.54, 1.807) is 31.4 Å². The molecule has 1 N–H and O–H groups in total. The molecular formula is C11H9Br2FN2O. The maximum absolute atomic E-state index is 13.9. The molecule has 0 fully saturated rings. The molecule has 1 atom stereocenters. The van der Waals surface area contributed by atoms with Gasteiger partial charge in [0.15, 0.2) is 0 Å². The van der Waals surface area contributed by atoms with Crippen molar-refractivity contribution in [3.8, 4) is 0 Å². The van der Waals surface area contributed by atoms with Gasteiger partial charge in [-0.2, -0.15) is 5.10 Å². The number of halogens is 3. The van der Waals surface area contributed by atoms with Crippen molar-refractivity contribution in [1.82, 2.24) is 9.78 Å². The lowest BCUT2D eigenvalue weighted by atomic mass is 10.1. The molecule has 1 unspecified atom stereocenters. The summed E-state index contributed by atoms with van der Waals surface area (Å²) in [7, 11) is 1.69. The first-order valence-corrected chi connectivity index (χ1v) is 6.40. The second-order valence-corrected chi connectivity index (χ2v) is 5.26. The van der Waals surface area contributed by atoms with Crippen LogP contribution >= 0.6 is 31.9 Å². The van der Waals surface area contributed by atoms with Gasteiger partial charge in [-0.3, -0.25) is 4.68 Å². The predicted octanol–water partition coefficient (Wildman–Crippen LogP) is 3.17. The van der Waals surface area contributed by atoms with Crippen LogP contribution in [-0.4, -0.2) is 14.9 Å². The minimum atomic E-state index is -1.06. The second-order valence-electron chi connectivity index (χ2n) is 3.55. The Bertz CT molecular complexity index is 537. The van der Waals surface area contributed by atoms with Gasteiger partial charge in [0.2, 0.25) is 0 Å². The van der Waals surface area contributed by atoms with E-state index in [0.717, 1.165) is 0 Å². The van der Waals surface area contributed by atoms with Gasteiger partial charge in [-0.1, -0.05) is 12.1 Å². The summed E-state index contributed by atoms with van der Waals surface area (Å²) in [5.74, 6) is -0.465. The van der Waals surface area contributed by atoms with Crippen molar-refractivity contribution in [2.75, 3.05) is 0 Å². The number of benzene rings is 1. The average Bonchev–Trinajstić information content (AvgIpc) is 2.62. The fourth-order valence-corrected chi connectivity index (χ4v) is 2.55. The summed E-state index contributed by atoms with van der Waals surface area (Å²) in [5, 5.41) is 14.2. The van der Waals surface area contributed by atoms with Crippen LogP contribution in [0.2, 0.25) is 0 Å². The molecule has 2 aromatic rings. The smallest absolute Gasteiger partial charge is 0.143 e. The van der Waals surface area contributed by atoms with Crippen molar-refractivity contribution in [3.63, 3.8) is 0 Å². The molecule has 1 aromatic carbocycles. The number of hydrogen-bond donors (Lipinski definition) is 1. The minimum Gasteiger partial charge on any atom is -0.382 e. The zero-order chi connectivity index (χ0) is 12.6. The Kier molecular flexibility index (Phi) is 3.65. The molecule has 0 amide bonds. The van der Waals surface area contributed by atoms with Gasteiger partial charge in [-0.25, -0.2) is 4.39 Å². The van der Waals surface area contributed by atoms with Crippen molar-refractivity contribution >= 4 is 31.9 Å². The lowest BCUT2D eigenvalue weighted by Crippen LogP contribution is -2.09. The van der Waals surface area contributed by atoms with E-state index in [0.29, 0.717) is 14.6 Å². The van der Waals surface area contributed by atoms with Crippen LogP contribution in [0, 0.1) is 5.82 Å². The van der Waals surface area contributed by atoms with Crippen molar-refractivity contribution in [1.29, 1.82) is 0 Å². The van der Waals surface area contributed by atoms with Crippen LogP contribution in [0.4, 0.5) is 4.39 Å². The maximum atomic E-state index is 13.9. The second kappa shape index (κ2) is 4.88. The molecule has 0 radical (unpaired) electrons. The van der Waals surface area contributed by atoms with Crippen LogP contribution in [0.25, 0.3) is 0 Å². The fraction of sp³-hybridized carbons (Fsp3) is 0.182. The Labute approximate surface area is 115 Å². The fourth-order valence-electron chi connectivity index (χ4n) is 1.61. The first kappa shape index (κ1) is 12.7. The molecule has 2 rings (SSSR count). The van der Waals surface area contributed by atoms with Crippen molar-refractivity contribution in [3.05, 3.63) is 50.4 Å². The summed E-state index contributed by atoms with van der Waals surface area (Å²) < 4.78 is 16.3. The number of nitrogens with zero attached hydrogens (tertiary/aromatic N) is 2. The highest BCUT2D eigenvalue weighted by Gasteiger charge is 2.21. The molecule has 0 aliphatic heterocycles. The van der Waals surface area contributed by atoms with E-state index in [2.05, 4.69) is 37.0 Å². The molecule has 0 aliphatic rings. The summed E-state index contributed by atoms with van der Waals surface area (Å²) in [6.45, 7) is 0. The Balaban J connectivity index is 2.51.